The minimum atomic E-state index is -0.913. The lowest BCUT2D eigenvalue weighted by Crippen LogP contribution is -2.06. The second-order valence-corrected chi connectivity index (χ2v) is 4.80. The van der Waals surface area contributed by atoms with Crippen molar-refractivity contribution in [2.75, 3.05) is 14.2 Å². The summed E-state index contributed by atoms with van der Waals surface area (Å²) >= 11 is 3.38. The molecule has 0 spiro atoms. The van der Waals surface area contributed by atoms with Crippen LogP contribution in [0.5, 0.6) is 11.5 Å². The van der Waals surface area contributed by atoms with Crippen LogP contribution in [0.25, 0.3) is 0 Å². The Morgan fingerprint density at radius 2 is 1.89 bits per heavy atom. The average molecular weight is 324 g/mol. The van der Waals surface area contributed by atoms with Crippen LogP contribution in [0.15, 0.2) is 41.0 Å². The Bertz CT molecular complexity index is 574. The van der Waals surface area contributed by atoms with Crippen LogP contribution in [0.2, 0.25) is 0 Å². The average Bonchev–Trinajstić information content (AvgIpc) is 2.46. The van der Waals surface area contributed by atoms with Gasteiger partial charge in [-0.1, -0.05) is 15.9 Å². The fraction of sp³-hybridized carbons (Fsp3) is 0.214. The van der Waals surface area contributed by atoms with E-state index in [0.717, 1.165) is 4.47 Å². The molecular weight excluding hydrogens is 310 g/mol. The summed E-state index contributed by atoms with van der Waals surface area (Å²) in [5.74, 6) is 1.14. The van der Waals surface area contributed by atoms with E-state index in [1.165, 1.54) is 0 Å². The molecule has 0 fully saturated rings. The van der Waals surface area contributed by atoms with Gasteiger partial charge in [0.25, 0.3) is 0 Å². The summed E-state index contributed by atoms with van der Waals surface area (Å²) in [6, 6.07) is 8.96. The van der Waals surface area contributed by atoms with Crippen molar-refractivity contribution < 1.29 is 14.6 Å². The van der Waals surface area contributed by atoms with Crippen LogP contribution in [0.1, 0.15) is 17.4 Å². The molecule has 0 aliphatic rings. The first-order chi connectivity index (χ1) is 9.17. The van der Waals surface area contributed by atoms with E-state index in [1.807, 2.05) is 6.07 Å². The summed E-state index contributed by atoms with van der Waals surface area (Å²) in [5, 5.41) is 10.5. The normalized spacial score (nSPS) is 12.0. The number of benzene rings is 1. The summed E-state index contributed by atoms with van der Waals surface area (Å²) in [6.45, 7) is 0. The van der Waals surface area contributed by atoms with E-state index in [4.69, 9.17) is 9.47 Å². The zero-order valence-corrected chi connectivity index (χ0v) is 12.2. The van der Waals surface area contributed by atoms with Crippen LogP contribution >= 0.6 is 15.9 Å². The number of nitrogens with zero attached hydrogens (tertiary/aromatic N) is 1. The maximum atomic E-state index is 10.5. The number of rotatable bonds is 4. The van der Waals surface area contributed by atoms with Crippen LogP contribution < -0.4 is 9.47 Å². The first kappa shape index (κ1) is 13.8. The lowest BCUT2D eigenvalue weighted by atomic mass is 10.0. The largest absolute Gasteiger partial charge is 0.496 e. The van der Waals surface area contributed by atoms with E-state index in [-0.39, 0.29) is 0 Å². The zero-order valence-electron chi connectivity index (χ0n) is 10.6. The lowest BCUT2D eigenvalue weighted by molar-refractivity contribution is 0.204. The molecule has 0 saturated heterocycles. The van der Waals surface area contributed by atoms with Gasteiger partial charge in [-0.05, 0) is 30.3 Å². The summed E-state index contributed by atoms with van der Waals surface area (Å²) < 4.78 is 11.3. The van der Waals surface area contributed by atoms with E-state index in [9.17, 15) is 5.11 Å². The van der Waals surface area contributed by atoms with Gasteiger partial charge in [-0.2, -0.15) is 0 Å². The van der Waals surface area contributed by atoms with E-state index < -0.39 is 6.10 Å². The van der Waals surface area contributed by atoms with Crippen LogP contribution in [-0.4, -0.2) is 24.3 Å². The summed E-state index contributed by atoms with van der Waals surface area (Å²) in [7, 11) is 3.11. The number of halogens is 1. The molecule has 1 N–H and O–H groups in total. The highest BCUT2D eigenvalue weighted by molar-refractivity contribution is 9.10. The minimum Gasteiger partial charge on any atom is -0.496 e. The number of hydrogen-bond donors (Lipinski definition) is 1. The molecular formula is C14H14BrNO3. The number of pyridine rings is 1. The fourth-order valence-electron chi connectivity index (χ4n) is 1.85. The van der Waals surface area contributed by atoms with Crippen molar-refractivity contribution in [3.05, 3.63) is 52.3 Å². The third-order valence-electron chi connectivity index (χ3n) is 2.76. The number of aliphatic hydroxyl groups excluding tert-OH is 1. The SMILES string of the molecule is COc1ccc(Br)cc1C(O)c1ncccc1OC. The summed E-state index contributed by atoms with van der Waals surface area (Å²) in [4.78, 5) is 4.19. The lowest BCUT2D eigenvalue weighted by Gasteiger charge is -2.16. The van der Waals surface area contributed by atoms with E-state index >= 15 is 0 Å². The molecule has 0 radical (unpaired) electrons. The molecule has 0 aliphatic heterocycles. The predicted molar refractivity (Wildman–Crippen MR) is 75.5 cm³/mol. The van der Waals surface area contributed by atoms with Gasteiger partial charge in [0.05, 0.1) is 14.2 Å². The molecule has 1 heterocycles. The monoisotopic (exact) mass is 323 g/mol. The van der Waals surface area contributed by atoms with Gasteiger partial charge in [-0.15, -0.1) is 0 Å². The van der Waals surface area contributed by atoms with Gasteiger partial charge in [0.2, 0.25) is 0 Å². The molecule has 19 heavy (non-hydrogen) atoms. The van der Waals surface area contributed by atoms with Crippen molar-refractivity contribution in [1.82, 2.24) is 4.98 Å². The number of methoxy groups -OCH3 is 2. The van der Waals surface area contributed by atoms with Gasteiger partial charge in [0, 0.05) is 16.2 Å². The highest BCUT2D eigenvalue weighted by Crippen LogP contribution is 2.34. The Balaban J connectivity index is 2.49. The van der Waals surface area contributed by atoms with E-state index in [0.29, 0.717) is 22.8 Å². The minimum absolute atomic E-state index is 0.460. The standard InChI is InChI=1S/C14H14BrNO3/c1-18-11-6-5-9(15)8-10(11)14(17)13-12(19-2)4-3-7-16-13/h3-8,14,17H,1-2H3. The maximum Gasteiger partial charge on any atom is 0.143 e. The molecule has 1 aromatic carbocycles. The summed E-state index contributed by atoms with van der Waals surface area (Å²) in [6.07, 6.45) is 0.703. The summed E-state index contributed by atoms with van der Waals surface area (Å²) in [5.41, 5.74) is 1.09. The van der Waals surface area contributed by atoms with E-state index in [1.54, 1.807) is 44.7 Å². The van der Waals surface area contributed by atoms with Gasteiger partial charge in [-0.25, -0.2) is 0 Å². The van der Waals surface area contributed by atoms with Gasteiger partial charge in [-0.3, -0.25) is 4.98 Å². The van der Waals surface area contributed by atoms with Crippen molar-refractivity contribution in [1.29, 1.82) is 0 Å². The zero-order chi connectivity index (χ0) is 13.8. The third kappa shape index (κ3) is 2.88. The highest BCUT2D eigenvalue weighted by atomic mass is 79.9. The Hall–Kier alpha value is -1.59. The van der Waals surface area contributed by atoms with Crippen LogP contribution in [0.3, 0.4) is 0 Å². The Kier molecular flexibility index (Phi) is 4.39. The molecule has 1 aromatic heterocycles. The molecule has 4 nitrogen and oxygen atoms in total. The molecule has 0 aliphatic carbocycles. The maximum absolute atomic E-state index is 10.5. The molecule has 0 amide bonds. The number of hydrogen-bond acceptors (Lipinski definition) is 4. The van der Waals surface area contributed by atoms with Crippen LogP contribution in [-0.2, 0) is 0 Å². The van der Waals surface area contributed by atoms with Crippen molar-refractivity contribution in [2.45, 2.75) is 6.10 Å². The molecule has 5 heteroatoms. The van der Waals surface area contributed by atoms with Crippen molar-refractivity contribution in [3.8, 4) is 11.5 Å². The Morgan fingerprint density at radius 3 is 2.58 bits per heavy atom. The molecule has 2 rings (SSSR count). The van der Waals surface area contributed by atoms with Crippen molar-refractivity contribution in [3.63, 3.8) is 0 Å². The fourth-order valence-corrected chi connectivity index (χ4v) is 2.23. The van der Waals surface area contributed by atoms with Gasteiger partial charge >= 0.3 is 0 Å². The predicted octanol–water partition coefficient (Wildman–Crippen LogP) is 2.94. The first-order valence-electron chi connectivity index (χ1n) is 5.67. The molecule has 1 atom stereocenters. The second kappa shape index (κ2) is 6.04. The highest BCUT2D eigenvalue weighted by Gasteiger charge is 2.20. The molecule has 0 saturated carbocycles. The van der Waals surface area contributed by atoms with Gasteiger partial charge < -0.3 is 14.6 Å². The molecule has 100 valence electrons. The van der Waals surface area contributed by atoms with Crippen molar-refractivity contribution in [2.24, 2.45) is 0 Å². The van der Waals surface area contributed by atoms with E-state index in [2.05, 4.69) is 20.9 Å². The van der Waals surface area contributed by atoms with Gasteiger partial charge in [0.1, 0.15) is 23.3 Å². The quantitative estimate of drug-likeness (QED) is 0.939. The number of aliphatic hydroxyl groups is 1. The van der Waals surface area contributed by atoms with Gasteiger partial charge in [0.15, 0.2) is 0 Å². The molecule has 1 unspecified atom stereocenters. The smallest absolute Gasteiger partial charge is 0.143 e. The first-order valence-corrected chi connectivity index (χ1v) is 6.47. The second-order valence-electron chi connectivity index (χ2n) is 3.88. The number of ether oxygens (including phenoxy) is 2. The Morgan fingerprint density at radius 1 is 1.16 bits per heavy atom. The number of aromatic nitrogens is 1. The molecule has 0 bridgehead atoms. The third-order valence-corrected chi connectivity index (χ3v) is 3.26. The Labute approximate surface area is 120 Å². The van der Waals surface area contributed by atoms with Crippen molar-refractivity contribution >= 4 is 15.9 Å². The topological polar surface area (TPSA) is 51.6 Å². The van der Waals surface area contributed by atoms with Crippen LogP contribution in [0.4, 0.5) is 0 Å². The molecule has 2 aromatic rings. The van der Waals surface area contributed by atoms with Crippen LogP contribution in [0, 0.1) is 0 Å².